The predicted molar refractivity (Wildman–Crippen MR) is 125 cm³/mol. The molecule has 0 spiro atoms. The van der Waals surface area contributed by atoms with Gasteiger partial charge in [-0.1, -0.05) is 35.3 Å². The van der Waals surface area contributed by atoms with Crippen molar-refractivity contribution in [2.75, 3.05) is 11.9 Å². The summed E-state index contributed by atoms with van der Waals surface area (Å²) in [7, 11) is 0. The maximum absolute atomic E-state index is 13.2. The first-order valence-corrected chi connectivity index (χ1v) is 11.3. The van der Waals surface area contributed by atoms with Crippen molar-refractivity contribution in [2.45, 2.75) is 19.8 Å². The summed E-state index contributed by atoms with van der Waals surface area (Å²) in [6.45, 7) is 2.41. The topological polar surface area (TPSA) is 76.0 Å². The number of anilines is 1. The molecule has 1 aromatic heterocycles. The zero-order valence-electron chi connectivity index (χ0n) is 16.6. The number of halogens is 3. The van der Waals surface area contributed by atoms with Crippen LogP contribution in [-0.4, -0.2) is 28.1 Å². The van der Waals surface area contributed by atoms with E-state index in [9.17, 15) is 9.59 Å². The average molecular weight is 522 g/mol. The van der Waals surface area contributed by atoms with Crippen molar-refractivity contribution in [2.24, 2.45) is 5.92 Å². The second-order valence-electron chi connectivity index (χ2n) is 7.47. The second kappa shape index (κ2) is 9.02. The molecule has 9 heteroatoms. The first-order valence-electron chi connectivity index (χ1n) is 9.73. The molecule has 1 aliphatic carbocycles. The van der Waals surface area contributed by atoms with E-state index in [2.05, 4.69) is 31.7 Å². The number of rotatable bonds is 6. The van der Waals surface area contributed by atoms with Gasteiger partial charge in [-0.05, 0) is 71.4 Å². The van der Waals surface area contributed by atoms with Gasteiger partial charge >= 0.3 is 0 Å². The number of benzene rings is 2. The maximum atomic E-state index is 13.2. The molecule has 0 atom stereocenters. The van der Waals surface area contributed by atoms with E-state index < -0.39 is 5.91 Å². The number of nitrogens with one attached hydrogen (secondary N) is 2. The van der Waals surface area contributed by atoms with Crippen LogP contribution in [-0.2, 0) is 0 Å². The second-order valence-corrected chi connectivity index (χ2v) is 9.12. The van der Waals surface area contributed by atoms with Gasteiger partial charge in [-0.3, -0.25) is 9.59 Å². The largest absolute Gasteiger partial charge is 0.352 e. The van der Waals surface area contributed by atoms with Gasteiger partial charge in [0, 0.05) is 17.6 Å². The first kappa shape index (κ1) is 21.9. The Morgan fingerprint density at radius 3 is 2.61 bits per heavy atom. The molecule has 0 unspecified atom stereocenters. The van der Waals surface area contributed by atoms with Gasteiger partial charge in [0.15, 0.2) is 0 Å². The molecule has 1 heterocycles. The molecule has 0 bridgehead atoms. The monoisotopic (exact) mass is 520 g/mol. The summed E-state index contributed by atoms with van der Waals surface area (Å²) >= 11 is 15.8. The Hall–Kier alpha value is -2.35. The van der Waals surface area contributed by atoms with E-state index in [1.54, 1.807) is 43.3 Å². The molecule has 0 saturated heterocycles. The Balaban J connectivity index is 1.66. The molecule has 1 fully saturated rings. The van der Waals surface area contributed by atoms with Crippen molar-refractivity contribution in [3.8, 4) is 5.69 Å². The lowest BCUT2D eigenvalue weighted by Gasteiger charge is -2.15. The van der Waals surface area contributed by atoms with Crippen LogP contribution in [0.5, 0.6) is 0 Å². The van der Waals surface area contributed by atoms with Crippen LogP contribution in [0.2, 0.25) is 10.0 Å². The summed E-state index contributed by atoms with van der Waals surface area (Å²) in [5.74, 6) is -0.169. The van der Waals surface area contributed by atoms with Crippen LogP contribution in [0.3, 0.4) is 0 Å². The summed E-state index contributed by atoms with van der Waals surface area (Å²) in [6.07, 6.45) is 2.25. The number of nitrogens with zero attached hydrogens (tertiary/aromatic N) is 2. The van der Waals surface area contributed by atoms with E-state index in [1.165, 1.54) is 4.68 Å². The van der Waals surface area contributed by atoms with Crippen LogP contribution in [0.4, 0.5) is 5.69 Å². The molecule has 0 aliphatic heterocycles. The summed E-state index contributed by atoms with van der Waals surface area (Å²) in [4.78, 5) is 26.0. The first-order chi connectivity index (χ1) is 14.8. The van der Waals surface area contributed by atoms with Crippen molar-refractivity contribution < 1.29 is 9.59 Å². The zero-order valence-corrected chi connectivity index (χ0v) is 19.7. The highest BCUT2D eigenvalue weighted by Gasteiger charge is 2.24. The highest BCUT2D eigenvalue weighted by atomic mass is 79.9. The molecule has 2 N–H and O–H groups in total. The molecular weight excluding hydrogens is 503 g/mol. The number of amides is 2. The minimum Gasteiger partial charge on any atom is -0.352 e. The predicted octanol–water partition coefficient (Wildman–Crippen LogP) is 5.64. The van der Waals surface area contributed by atoms with Gasteiger partial charge in [-0.2, -0.15) is 5.10 Å². The third-order valence-electron chi connectivity index (χ3n) is 5.02. The Kier molecular flexibility index (Phi) is 6.36. The Morgan fingerprint density at radius 1 is 1.16 bits per heavy atom. The van der Waals surface area contributed by atoms with Crippen LogP contribution >= 0.6 is 39.1 Å². The molecule has 2 aromatic carbocycles. The van der Waals surface area contributed by atoms with Gasteiger partial charge in [-0.15, -0.1) is 0 Å². The third kappa shape index (κ3) is 4.95. The molecule has 6 nitrogen and oxygen atoms in total. The highest BCUT2D eigenvalue weighted by Crippen LogP contribution is 2.30. The lowest BCUT2D eigenvalue weighted by atomic mass is 10.1. The van der Waals surface area contributed by atoms with Crippen molar-refractivity contribution in [1.29, 1.82) is 0 Å². The third-order valence-corrected chi connectivity index (χ3v) is 5.95. The summed E-state index contributed by atoms with van der Waals surface area (Å²) < 4.78 is 1.94. The molecular formula is C22H19BrCl2N4O2. The van der Waals surface area contributed by atoms with Crippen LogP contribution in [0.25, 0.3) is 5.69 Å². The standard InChI is InChI=1S/C22H19BrCl2N4O2/c1-12-8-14(24)9-15(21(30)26-11-13-6-7-13)20(12)27-22(31)18-10-19(23)28-29(18)17-5-3-2-4-16(17)25/h2-5,8-10,13H,6-7,11H2,1H3,(H,26,30)(H,27,31). The van der Waals surface area contributed by atoms with Gasteiger partial charge in [-0.25, -0.2) is 4.68 Å². The van der Waals surface area contributed by atoms with Crippen molar-refractivity contribution in [3.05, 3.63) is 73.9 Å². The Labute approximate surface area is 198 Å². The fraction of sp³-hybridized carbons (Fsp3) is 0.227. The minimum atomic E-state index is -0.431. The Bertz CT molecular complexity index is 1170. The molecule has 1 aliphatic rings. The Morgan fingerprint density at radius 2 is 1.90 bits per heavy atom. The number of aryl methyl sites for hydroxylation is 1. The molecule has 160 valence electrons. The van der Waals surface area contributed by atoms with E-state index >= 15 is 0 Å². The van der Waals surface area contributed by atoms with Crippen LogP contribution in [0.15, 0.2) is 47.1 Å². The van der Waals surface area contributed by atoms with Gasteiger partial charge < -0.3 is 10.6 Å². The molecule has 4 rings (SSSR count). The molecule has 31 heavy (non-hydrogen) atoms. The maximum Gasteiger partial charge on any atom is 0.274 e. The molecule has 0 radical (unpaired) electrons. The number of hydrogen-bond donors (Lipinski definition) is 2. The summed E-state index contributed by atoms with van der Waals surface area (Å²) in [5.41, 5.74) is 2.24. The normalized spacial score (nSPS) is 13.2. The van der Waals surface area contributed by atoms with E-state index in [0.29, 0.717) is 49.6 Å². The number of carbonyl (C=O) groups excluding carboxylic acids is 2. The number of carbonyl (C=O) groups is 2. The highest BCUT2D eigenvalue weighted by molar-refractivity contribution is 9.10. The van der Waals surface area contributed by atoms with Crippen LogP contribution < -0.4 is 10.6 Å². The van der Waals surface area contributed by atoms with Crippen molar-refractivity contribution in [3.63, 3.8) is 0 Å². The van der Waals surface area contributed by atoms with Gasteiger partial charge in [0.1, 0.15) is 10.3 Å². The summed E-state index contributed by atoms with van der Waals surface area (Å²) in [5, 5.41) is 11.0. The number of hydrogen-bond acceptors (Lipinski definition) is 3. The number of aromatic nitrogens is 2. The zero-order chi connectivity index (χ0) is 22.1. The SMILES string of the molecule is Cc1cc(Cl)cc(C(=O)NCC2CC2)c1NC(=O)c1cc(Br)nn1-c1ccccc1Cl. The van der Waals surface area contributed by atoms with E-state index in [-0.39, 0.29) is 11.6 Å². The lowest BCUT2D eigenvalue weighted by Crippen LogP contribution is -2.27. The number of para-hydroxylation sites is 1. The van der Waals surface area contributed by atoms with Crippen LogP contribution in [0.1, 0.15) is 39.3 Å². The van der Waals surface area contributed by atoms with E-state index in [1.807, 2.05) is 6.07 Å². The lowest BCUT2D eigenvalue weighted by molar-refractivity contribution is 0.0952. The van der Waals surface area contributed by atoms with Gasteiger partial charge in [0.2, 0.25) is 0 Å². The molecule has 3 aromatic rings. The summed E-state index contributed by atoms with van der Waals surface area (Å²) in [6, 6.07) is 12.0. The van der Waals surface area contributed by atoms with Crippen molar-refractivity contribution in [1.82, 2.24) is 15.1 Å². The minimum absolute atomic E-state index is 0.263. The van der Waals surface area contributed by atoms with E-state index in [4.69, 9.17) is 23.2 Å². The van der Waals surface area contributed by atoms with Gasteiger partial charge in [0.25, 0.3) is 11.8 Å². The smallest absolute Gasteiger partial charge is 0.274 e. The molecule has 1 saturated carbocycles. The fourth-order valence-corrected chi connectivity index (χ4v) is 4.11. The van der Waals surface area contributed by atoms with Crippen molar-refractivity contribution >= 4 is 56.6 Å². The average Bonchev–Trinajstić information content (AvgIpc) is 3.48. The van der Waals surface area contributed by atoms with Gasteiger partial charge in [0.05, 0.1) is 22.0 Å². The quantitative estimate of drug-likeness (QED) is 0.440. The fourth-order valence-electron chi connectivity index (χ4n) is 3.24. The van der Waals surface area contributed by atoms with E-state index in [0.717, 1.165) is 12.8 Å². The van der Waals surface area contributed by atoms with Crippen LogP contribution in [0, 0.1) is 12.8 Å². The molecule has 2 amide bonds.